The molecule has 15 nitrogen and oxygen atoms in total. The average molecular weight is 945 g/mol. The fourth-order valence-electron chi connectivity index (χ4n) is 10.7. The number of nitrogens with zero attached hydrogens (tertiary/aromatic N) is 3. The van der Waals surface area contributed by atoms with E-state index in [1.54, 1.807) is 42.5 Å². The number of morpholine rings is 1. The molecule has 3 N–H and O–H groups in total. The third-order valence-electron chi connectivity index (χ3n) is 13.8. The van der Waals surface area contributed by atoms with Crippen molar-refractivity contribution in [1.29, 1.82) is 0 Å². The van der Waals surface area contributed by atoms with Gasteiger partial charge in [-0.3, -0.25) is 29.4 Å². The molecule has 3 fully saturated rings. The van der Waals surface area contributed by atoms with Gasteiger partial charge in [-0.15, -0.1) is 6.58 Å². The number of hydrogen-bond acceptors (Lipinski definition) is 12. The number of anilines is 1. The fraction of sp³-hybridized carbons (Fsp3) is 0.309. The number of non-ortho nitro benzene ring substituents is 1. The van der Waals surface area contributed by atoms with E-state index in [1.165, 1.54) is 30.3 Å². The van der Waals surface area contributed by atoms with E-state index in [-0.39, 0.29) is 43.3 Å². The van der Waals surface area contributed by atoms with Gasteiger partial charge in [0.05, 0.1) is 35.2 Å². The SMILES string of the molecule is C=CCNC(=O)[C@@H]1[C@H]2C(=O)O[C@H](c3ccccc3)[C@H](c3ccccc3)N2[C@H](c2cccc(OCCO)c2)[C@@]12C(=O)N(C(=O)OCc1ccc([N+](=O)[O-])cc1)c1ccc(C#CC3(O)CCCCCC3)cc12. The highest BCUT2D eigenvalue weighted by molar-refractivity contribution is 6.23. The van der Waals surface area contributed by atoms with E-state index < -0.39 is 70.0 Å². The Labute approximate surface area is 404 Å². The van der Waals surface area contributed by atoms with Crippen LogP contribution < -0.4 is 15.0 Å². The largest absolute Gasteiger partial charge is 0.491 e. The van der Waals surface area contributed by atoms with Gasteiger partial charge in [-0.2, -0.15) is 0 Å². The number of rotatable bonds is 12. The number of aliphatic hydroxyl groups is 2. The number of ether oxygens (including phenoxy) is 3. The predicted molar refractivity (Wildman–Crippen MR) is 257 cm³/mol. The highest BCUT2D eigenvalue weighted by atomic mass is 16.6. The van der Waals surface area contributed by atoms with Gasteiger partial charge in [0, 0.05) is 24.2 Å². The maximum Gasteiger partial charge on any atom is 0.421 e. The summed E-state index contributed by atoms with van der Waals surface area (Å²) in [6.07, 6.45) is 3.91. The molecule has 0 radical (unpaired) electrons. The van der Waals surface area contributed by atoms with Crippen molar-refractivity contribution in [2.24, 2.45) is 5.92 Å². The number of nitro benzene ring substituents is 1. The van der Waals surface area contributed by atoms with E-state index in [2.05, 4.69) is 23.7 Å². The molecular formula is C55H52N4O11. The van der Waals surface area contributed by atoms with E-state index in [4.69, 9.17) is 14.2 Å². The molecule has 1 spiro atoms. The topological polar surface area (TPSA) is 198 Å². The van der Waals surface area contributed by atoms with Crippen LogP contribution in [0.4, 0.5) is 16.2 Å². The van der Waals surface area contributed by atoms with Gasteiger partial charge in [0.2, 0.25) is 11.8 Å². The number of amides is 3. The van der Waals surface area contributed by atoms with Crippen molar-refractivity contribution in [3.63, 3.8) is 0 Å². The number of cyclic esters (lactones) is 1. The van der Waals surface area contributed by atoms with Gasteiger partial charge >= 0.3 is 12.1 Å². The highest BCUT2D eigenvalue weighted by Crippen LogP contribution is 2.66. The number of fused-ring (bicyclic) bond motifs is 3. The molecule has 5 aromatic carbocycles. The summed E-state index contributed by atoms with van der Waals surface area (Å²) in [5.74, 6) is 2.68. The summed E-state index contributed by atoms with van der Waals surface area (Å²) in [6.45, 7) is 3.04. The van der Waals surface area contributed by atoms with Gasteiger partial charge < -0.3 is 29.7 Å². The second-order valence-corrected chi connectivity index (χ2v) is 18.0. The monoisotopic (exact) mass is 944 g/mol. The average Bonchev–Trinajstić information content (AvgIpc) is 3.72. The molecule has 2 saturated heterocycles. The van der Waals surface area contributed by atoms with E-state index in [1.807, 2.05) is 65.6 Å². The van der Waals surface area contributed by atoms with Crippen molar-refractivity contribution in [3.05, 3.63) is 184 Å². The number of nitrogens with one attached hydrogen (secondary N) is 1. The molecule has 15 heteroatoms. The molecule has 9 rings (SSSR count). The van der Waals surface area contributed by atoms with Crippen LogP contribution in [0.15, 0.2) is 140 Å². The lowest BCUT2D eigenvalue weighted by molar-refractivity contribution is -0.384. The number of benzene rings is 5. The Morgan fingerprint density at radius 2 is 1.56 bits per heavy atom. The van der Waals surface area contributed by atoms with E-state index >= 15 is 14.4 Å². The molecule has 70 heavy (non-hydrogen) atoms. The third kappa shape index (κ3) is 8.81. The number of aliphatic hydroxyl groups excluding tert-OH is 1. The minimum atomic E-state index is -2.14. The van der Waals surface area contributed by atoms with Crippen LogP contribution in [0.1, 0.15) is 90.1 Å². The molecule has 6 atom stereocenters. The Morgan fingerprint density at radius 3 is 2.23 bits per heavy atom. The van der Waals surface area contributed by atoms with Gasteiger partial charge in [-0.05, 0) is 96.0 Å². The van der Waals surface area contributed by atoms with E-state index in [9.17, 15) is 25.1 Å². The van der Waals surface area contributed by atoms with Crippen LogP contribution >= 0.6 is 0 Å². The minimum absolute atomic E-state index is 0.0385. The standard InChI is InChI=1S/C55H52N4O11/c1-2-30-56-50(61)45-47-51(62)70-48(39-16-9-6-10-17-39)46(38-14-7-5-8-15-38)58(47)49(40-18-13-19-42(34-40)68-32-31-60)55(45)43-33-36(26-29-54(65)27-11-3-4-12-28-54)22-25-44(43)57(52(55)63)53(64)69-35-37-20-23-41(24-21-37)59(66)67/h2,5-10,13-25,33-34,45-49,60,65H,1,3-4,11-12,27-28,30-32,35H2,(H,56,61)/t45-,46-,47-,48+,49+,55-/m0/s1. The van der Waals surface area contributed by atoms with Gasteiger partial charge in [0.1, 0.15) is 42.1 Å². The van der Waals surface area contributed by atoms with Crippen LogP contribution in [0.3, 0.4) is 0 Å². The first kappa shape index (κ1) is 47.4. The summed E-state index contributed by atoms with van der Waals surface area (Å²) >= 11 is 0. The van der Waals surface area contributed by atoms with Crippen LogP contribution in [-0.4, -0.2) is 75.3 Å². The van der Waals surface area contributed by atoms with Crippen molar-refractivity contribution in [2.45, 2.75) is 80.4 Å². The summed E-state index contributed by atoms with van der Waals surface area (Å²) in [5.41, 5.74) is -0.733. The van der Waals surface area contributed by atoms with E-state index in [0.29, 0.717) is 46.4 Å². The normalized spacial score (nSPS) is 23.5. The van der Waals surface area contributed by atoms with Crippen molar-refractivity contribution in [2.75, 3.05) is 24.7 Å². The summed E-state index contributed by atoms with van der Waals surface area (Å²) in [7, 11) is 0. The maximum atomic E-state index is 16.5. The second-order valence-electron chi connectivity index (χ2n) is 18.0. The maximum absolute atomic E-state index is 16.5. The molecule has 0 unspecified atom stereocenters. The number of imide groups is 1. The van der Waals surface area contributed by atoms with Gasteiger partial charge in [0.15, 0.2) is 0 Å². The zero-order valence-corrected chi connectivity index (χ0v) is 38.3. The van der Waals surface area contributed by atoms with Crippen molar-refractivity contribution < 1.29 is 48.5 Å². The Kier molecular flexibility index (Phi) is 13.6. The lowest BCUT2D eigenvalue weighted by atomic mass is 9.65. The first-order chi connectivity index (χ1) is 34.0. The van der Waals surface area contributed by atoms with Gasteiger partial charge in [-0.1, -0.05) is 104 Å². The van der Waals surface area contributed by atoms with Crippen LogP contribution in [-0.2, 0) is 35.9 Å². The molecule has 0 bridgehead atoms. The van der Waals surface area contributed by atoms with Crippen molar-refractivity contribution in [1.82, 2.24) is 10.2 Å². The number of hydrogen-bond donors (Lipinski definition) is 3. The number of carbonyl (C=O) groups is 4. The molecule has 1 aliphatic carbocycles. The lowest BCUT2D eigenvalue weighted by Gasteiger charge is -2.46. The van der Waals surface area contributed by atoms with Gasteiger partial charge in [-0.25, -0.2) is 9.69 Å². The van der Waals surface area contributed by atoms with Crippen LogP contribution in [0.5, 0.6) is 5.75 Å². The summed E-state index contributed by atoms with van der Waals surface area (Å²) in [6, 6.07) is 32.2. The molecule has 5 aromatic rings. The highest BCUT2D eigenvalue weighted by Gasteiger charge is 2.75. The van der Waals surface area contributed by atoms with Gasteiger partial charge in [0.25, 0.3) is 5.69 Å². The summed E-state index contributed by atoms with van der Waals surface area (Å²) in [5, 5.41) is 35.8. The first-order valence-electron chi connectivity index (χ1n) is 23.4. The van der Waals surface area contributed by atoms with Crippen LogP contribution in [0.25, 0.3) is 0 Å². The lowest BCUT2D eigenvalue weighted by Crippen LogP contribution is -2.55. The minimum Gasteiger partial charge on any atom is -0.491 e. The number of nitro groups is 1. The first-order valence-corrected chi connectivity index (χ1v) is 23.4. The quantitative estimate of drug-likeness (QED) is 0.0276. The van der Waals surface area contributed by atoms with Crippen molar-refractivity contribution in [3.8, 4) is 17.6 Å². The Hall–Kier alpha value is -7.64. The Morgan fingerprint density at radius 1 is 0.871 bits per heavy atom. The second kappa shape index (κ2) is 20.1. The van der Waals surface area contributed by atoms with Crippen LogP contribution in [0, 0.1) is 27.9 Å². The molecular weight excluding hydrogens is 893 g/mol. The zero-order chi connectivity index (χ0) is 49.0. The Balaban J connectivity index is 1.31. The molecule has 358 valence electrons. The van der Waals surface area contributed by atoms with Crippen molar-refractivity contribution >= 4 is 35.3 Å². The van der Waals surface area contributed by atoms with Crippen LogP contribution in [0.2, 0.25) is 0 Å². The Bertz CT molecular complexity index is 2860. The molecule has 4 aliphatic rings. The molecule has 3 amide bonds. The number of esters is 1. The molecule has 3 aliphatic heterocycles. The van der Waals surface area contributed by atoms with E-state index in [0.717, 1.165) is 30.6 Å². The predicted octanol–water partition coefficient (Wildman–Crippen LogP) is 7.71. The fourth-order valence-corrected chi connectivity index (χ4v) is 10.7. The zero-order valence-electron chi connectivity index (χ0n) is 38.3. The summed E-state index contributed by atoms with van der Waals surface area (Å²) in [4.78, 5) is 75.6. The smallest absolute Gasteiger partial charge is 0.421 e. The molecule has 1 saturated carbocycles. The molecule has 0 aromatic heterocycles. The number of carbonyl (C=O) groups excluding carboxylic acids is 4. The summed E-state index contributed by atoms with van der Waals surface area (Å²) < 4.78 is 18.4. The molecule has 3 heterocycles. The third-order valence-corrected chi connectivity index (χ3v) is 13.8.